The average molecular weight is 469 g/mol. The van der Waals surface area contributed by atoms with Crippen LogP contribution in [0.1, 0.15) is 0 Å². The molecular weight excluding hydrogens is 443 g/mol. The van der Waals surface area contributed by atoms with Gasteiger partial charge >= 0.3 is 0 Å². The molecule has 0 spiro atoms. The van der Waals surface area contributed by atoms with Gasteiger partial charge in [-0.2, -0.15) is 0 Å². The molecule has 0 saturated carbocycles. The first kappa shape index (κ1) is 22.5. The van der Waals surface area contributed by atoms with Crippen molar-refractivity contribution in [3.63, 3.8) is 0 Å². The fraction of sp³-hybridized carbons (Fsp3) is 0.148. The largest absolute Gasteiger partial charge is 0.369 e. The van der Waals surface area contributed by atoms with Gasteiger partial charge < -0.3 is 20.9 Å². The Labute approximate surface area is 202 Å². The number of rotatable bonds is 6. The molecule has 4 aromatic rings. The summed E-state index contributed by atoms with van der Waals surface area (Å²) in [7, 11) is 0. The van der Waals surface area contributed by atoms with Crippen LogP contribution in [0.25, 0.3) is 22.0 Å². The summed E-state index contributed by atoms with van der Waals surface area (Å²) in [5.41, 5.74) is 3.98. The number of nitrogens with one attached hydrogen (secondary N) is 3. The molecule has 0 unspecified atom stereocenters. The highest BCUT2D eigenvalue weighted by Gasteiger charge is 2.14. The zero-order chi connectivity index (χ0) is 24.2. The number of anilines is 4. The Hall–Kier alpha value is -4.30. The molecule has 8 heteroatoms. The van der Waals surface area contributed by atoms with Crippen LogP contribution in [-0.2, 0) is 4.79 Å². The van der Waals surface area contributed by atoms with Crippen molar-refractivity contribution in [1.29, 1.82) is 0 Å². The number of amides is 1. The SMILES string of the molecule is C=CC(=O)Nc1cccc(-c2c(F)ccc3cnc(Nc4ccc(N5CCNCC5)cc4)nc23)c1. The fourth-order valence-corrected chi connectivity index (χ4v) is 4.16. The highest BCUT2D eigenvalue weighted by atomic mass is 19.1. The van der Waals surface area contributed by atoms with Crippen LogP contribution in [-0.4, -0.2) is 42.1 Å². The van der Waals surface area contributed by atoms with E-state index in [0.717, 1.165) is 31.9 Å². The minimum atomic E-state index is -0.408. The Morgan fingerprint density at radius 3 is 2.63 bits per heavy atom. The predicted molar refractivity (Wildman–Crippen MR) is 139 cm³/mol. The zero-order valence-corrected chi connectivity index (χ0v) is 19.1. The first-order valence-electron chi connectivity index (χ1n) is 11.4. The van der Waals surface area contributed by atoms with Crippen LogP contribution in [0.4, 0.5) is 27.4 Å². The van der Waals surface area contributed by atoms with E-state index in [0.29, 0.717) is 33.7 Å². The van der Waals surface area contributed by atoms with Gasteiger partial charge in [-0.25, -0.2) is 14.4 Å². The Balaban J connectivity index is 1.45. The van der Waals surface area contributed by atoms with E-state index in [1.165, 1.54) is 17.8 Å². The van der Waals surface area contributed by atoms with Crippen molar-refractivity contribution in [2.24, 2.45) is 0 Å². The topological polar surface area (TPSA) is 82.2 Å². The van der Waals surface area contributed by atoms with E-state index >= 15 is 4.39 Å². The summed E-state index contributed by atoms with van der Waals surface area (Å²) in [5, 5.41) is 10.0. The maximum atomic E-state index is 15.1. The van der Waals surface area contributed by atoms with Crippen LogP contribution in [0.2, 0.25) is 0 Å². The lowest BCUT2D eigenvalue weighted by Crippen LogP contribution is -2.43. The van der Waals surface area contributed by atoms with Gasteiger partial charge in [0, 0.05) is 60.4 Å². The molecule has 1 fully saturated rings. The Morgan fingerprint density at radius 1 is 1.06 bits per heavy atom. The molecule has 2 heterocycles. The number of halogens is 1. The van der Waals surface area contributed by atoms with Crippen LogP contribution < -0.4 is 20.9 Å². The number of benzene rings is 3. The molecule has 0 aliphatic carbocycles. The quantitative estimate of drug-likeness (QED) is 0.356. The third-order valence-corrected chi connectivity index (χ3v) is 5.91. The van der Waals surface area contributed by atoms with Crippen molar-refractivity contribution in [3.05, 3.63) is 85.3 Å². The van der Waals surface area contributed by atoms with Crippen molar-refractivity contribution < 1.29 is 9.18 Å². The molecular formula is C27H25FN6O. The highest BCUT2D eigenvalue weighted by Crippen LogP contribution is 2.32. The van der Waals surface area contributed by atoms with E-state index in [1.807, 2.05) is 12.1 Å². The van der Waals surface area contributed by atoms with E-state index in [9.17, 15) is 4.79 Å². The molecule has 7 nitrogen and oxygen atoms in total. The summed E-state index contributed by atoms with van der Waals surface area (Å²) in [6.07, 6.45) is 2.86. The number of carbonyl (C=O) groups excluding carboxylic acids is 1. The first-order chi connectivity index (χ1) is 17.1. The summed E-state index contributed by atoms with van der Waals surface area (Å²) in [5.74, 6) is -0.373. The highest BCUT2D eigenvalue weighted by molar-refractivity contribution is 6.00. The smallest absolute Gasteiger partial charge is 0.247 e. The van der Waals surface area contributed by atoms with Crippen molar-refractivity contribution in [3.8, 4) is 11.1 Å². The number of hydrogen-bond acceptors (Lipinski definition) is 6. The molecule has 0 atom stereocenters. The number of fused-ring (bicyclic) bond motifs is 1. The molecule has 3 N–H and O–H groups in total. The van der Waals surface area contributed by atoms with Crippen LogP contribution >= 0.6 is 0 Å². The summed E-state index contributed by atoms with van der Waals surface area (Å²) in [6, 6.07) is 18.2. The van der Waals surface area contributed by atoms with E-state index < -0.39 is 5.82 Å². The van der Waals surface area contributed by atoms with Crippen molar-refractivity contribution >= 4 is 39.8 Å². The molecule has 0 radical (unpaired) electrons. The number of nitrogens with zero attached hydrogens (tertiary/aromatic N) is 3. The summed E-state index contributed by atoms with van der Waals surface area (Å²) >= 11 is 0. The maximum Gasteiger partial charge on any atom is 0.247 e. The molecule has 1 aliphatic rings. The zero-order valence-electron chi connectivity index (χ0n) is 19.1. The maximum absolute atomic E-state index is 15.1. The Kier molecular flexibility index (Phi) is 6.36. The van der Waals surface area contributed by atoms with Gasteiger partial charge in [-0.15, -0.1) is 0 Å². The summed E-state index contributed by atoms with van der Waals surface area (Å²) in [6.45, 7) is 7.38. The van der Waals surface area contributed by atoms with Gasteiger partial charge in [-0.3, -0.25) is 4.79 Å². The molecule has 1 aromatic heterocycles. The second-order valence-corrected chi connectivity index (χ2v) is 8.24. The molecule has 5 rings (SSSR count). The third kappa shape index (κ3) is 4.97. The van der Waals surface area contributed by atoms with Crippen LogP contribution in [0, 0.1) is 5.82 Å². The van der Waals surface area contributed by atoms with Gasteiger partial charge in [0.2, 0.25) is 11.9 Å². The van der Waals surface area contributed by atoms with Gasteiger partial charge in [0.15, 0.2) is 0 Å². The number of carbonyl (C=O) groups is 1. The van der Waals surface area contributed by atoms with Crippen molar-refractivity contribution in [2.45, 2.75) is 0 Å². The third-order valence-electron chi connectivity index (χ3n) is 5.91. The number of aromatic nitrogens is 2. The van der Waals surface area contributed by atoms with Gasteiger partial charge in [0.05, 0.1) is 5.52 Å². The second kappa shape index (κ2) is 9.90. The molecule has 1 amide bonds. The predicted octanol–water partition coefficient (Wildman–Crippen LogP) is 4.71. The Morgan fingerprint density at radius 2 is 1.86 bits per heavy atom. The Bertz CT molecular complexity index is 1380. The van der Waals surface area contributed by atoms with Gasteiger partial charge in [0.1, 0.15) is 5.82 Å². The van der Waals surface area contributed by atoms with E-state index in [-0.39, 0.29) is 5.91 Å². The lowest BCUT2D eigenvalue weighted by atomic mass is 10.0. The molecule has 176 valence electrons. The van der Waals surface area contributed by atoms with E-state index in [4.69, 9.17) is 0 Å². The standard InChI is InChI=1S/C27H25FN6O/c1-2-24(35)31-21-5-3-4-18(16-21)25-23(28)11-6-19-17-30-27(33-26(19)25)32-20-7-9-22(10-8-20)34-14-12-29-13-15-34/h2-11,16-17,29H,1,12-15H2,(H,31,35)(H,30,32,33). The molecule has 3 aromatic carbocycles. The summed E-state index contributed by atoms with van der Waals surface area (Å²) in [4.78, 5) is 23.1. The first-order valence-corrected chi connectivity index (χ1v) is 11.4. The minimum absolute atomic E-state index is 0.336. The molecule has 1 saturated heterocycles. The lowest BCUT2D eigenvalue weighted by Gasteiger charge is -2.29. The van der Waals surface area contributed by atoms with Gasteiger partial charge in [-0.05, 0) is 60.2 Å². The van der Waals surface area contributed by atoms with Crippen molar-refractivity contribution in [1.82, 2.24) is 15.3 Å². The normalized spacial score (nSPS) is 13.5. The second-order valence-electron chi connectivity index (χ2n) is 8.24. The molecule has 1 aliphatic heterocycles. The number of piperazine rings is 1. The average Bonchev–Trinajstić information content (AvgIpc) is 2.89. The van der Waals surface area contributed by atoms with Crippen LogP contribution in [0.5, 0.6) is 0 Å². The van der Waals surface area contributed by atoms with E-state index in [1.54, 1.807) is 36.5 Å². The monoisotopic (exact) mass is 468 g/mol. The summed E-state index contributed by atoms with van der Waals surface area (Å²) < 4.78 is 15.1. The van der Waals surface area contributed by atoms with Crippen LogP contribution in [0.3, 0.4) is 0 Å². The molecule has 35 heavy (non-hydrogen) atoms. The lowest BCUT2D eigenvalue weighted by molar-refractivity contribution is -0.111. The van der Waals surface area contributed by atoms with Gasteiger partial charge in [0.25, 0.3) is 0 Å². The van der Waals surface area contributed by atoms with E-state index in [2.05, 4.69) is 49.5 Å². The minimum Gasteiger partial charge on any atom is -0.369 e. The van der Waals surface area contributed by atoms with Gasteiger partial charge in [-0.1, -0.05) is 18.7 Å². The fourth-order valence-electron chi connectivity index (χ4n) is 4.16. The van der Waals surface area contributed by atoms with Crippen LogP contribution in [0.15, 0.2) is 79.5 Å². The van der Waals surface area contributed by atoms with Crippen molar-refractivity contribution in [2.75, 3.05) is 41.7 Å². The molecule has 0 bridgehead atoms. The number of hydrogen-bond donors (Lipinski definition) is 3.